The molecule has 7 aromatic rings. The standard InChI is InChI=1S/C32H8F8N8.Ni/c33-9-1-13-21(17(37)5-9)29-41-25(13)45-30-22-14(2-10(34)6-18(22)38)27(42-30)47-32-24-16(4-12(36)8-20(24)40)28(44-32)48-31-23-15(26(43-31)46-29)3-11(35)7-19(23)39;/h1-8H;/q-2;+2. The molecule has 0 saturated carbocycles. The first kappa shape index (κ1) is 30.5. The molecular weight excluding hydrogens is 707 g/mol. The minimum Gasteiger partial charge on any atom is -0.357 e. The maximum absolute atomic E-state index is 15.3. The van der Waals surface area contributed by atoms with Crippen molar-refractivity contribution in [3.8, 4) is 45.6 Å². The van der Waals surface area contributed by atoms with Gasteiger partial charge in [-0.3, -0.25) is 0 Å². The molecule has 0 radical (unpaired) electrons. The largest absolute Gasteiger partial charge is 2.00 e. The van der Waals surface area contributed by atoms with E-state index in [4.69, 9.17) is 0 Å². The summed E-state index contributed by atoms with van der Waals surface area (Å²) in [7, 11) is 0. The van der Waals surface area contributed by atoms with Crippen LogP contribution < -0.4 is 9.97 Å². The van der Waals surface area contributed by atoms with Crippen molar-refractivity contribution in [1.29, 1.82) is 0 Å². The Morgan fingerprint density at radius 1 is 0.367 bits per heavy atom. The number of nitrogens with zero attached hydrogens (tertiary/aromatic N) is 8. The molecule has 0 saturated heterocycles. The van der Waals surface area contributed by atoms with E-state index < -0.39 is 92.4 Å². The van der Waals surface area contributed by atoms with Gasteiger partial charge in [-0.25, -0.2) is 45.1 Å². The third kappa shape index (κ3) is 4.56. The summed E-state index contributed by atoms with van der Waals surface area (Å²) in [4.78, 5) is 33.8. The van der Waals surface area contributed by atoms with E-state index in [0.717, 1.165) is 24.3 Å². The number of halogens is 8. The van der Waals surface area contributed by atoms with Gasteiger partial charge < -0.3 is 29.9 Å². The second kappa shape index (κ2) is 10.6. The number of benzene rings is 4. The van der Waals surface area contributed by atoms with E-state index in [1.807, 2.05) is 0 Å². The molecule has 0 spiro atoms. The van der Waals surface area contributed by atoms with Gasteiger partial charge in [0.2, 0.25) is 0 Å². The van der Waals surface area contributed by atoms with Gasteiger partial charge in [0.1, 0.15) is 46.5 Å². The van der Waals surface area contributed by atoms with Gasteiger partial charge in [-0.05, 0) is 24.3 Å². The van der Waals surface area contributed by atoms with Crippen LogP contribution in [0.2, 0.25) is 0 Å². The molecule has 2 aliphatic heterocycles. The fourth-order valence-corrected chi connectivity index (χ4v) is 5.84. The predicted octanol–water partition coefficient (Wildman–Crippen LogP) is 7.24. The molecule has 2 aliphatic rings. The molecule has 4 aromatic carbocycles. The second-order valence-electron chi connectivity index (χ2n) is 10.7. The van der Waals surface area contributed by atoms with E-state index in [0.29, 0.717) is 24.3 Å². The molecule has 0 fully saturated rings. The van der Waals surface area contributed by atoms with Gasteiger partial charge in [-0.2, -0.15) is 0 Å². The Hall–Kier alpha value is -5.83. The van der Waals surface area contributed by atoms with Gasteiger partial charge in [0.05, 0.1) is 23.3 Å². The molecule has 0 unspecified atom stereocenters. The zero-order valence-corrected chi connectivity index (χ0v) is 24.5. The summed E-state index contributed by atoms with van der Waals surface area (Å²) in [6, 6.07) is 5.69. The minimum absolute atomic E-state index is 0. The molecule has 0 aliphatic carbocycles. The summed E-state index contributed by atoms with van der Waals surface area (Å²) >= 11 is 0. The number of hydrogen-bond donors (Lipinski definition) is 0. The van der Waals surface area contributed by atoms with Gasteiger partial charge in [0.15, 0.2) is 0 Å². The number of aromatic nitrogens is 8. The Morgan fingerprint density at radius 3 is 1.12 bits per heavy atom. The van der Waals surface area contributed by atoms with Crippen LogP contribution in [0.15, 0.2) is 48.5 Å². The molecule has 0 N–H and O–H groups in total. The SMILES string of the molecule is Fc1cc(F)c2c(c1)-c1nc-2nc2[n-]c(nc3nc(nc4[n-]c(n1)c1c(F)cc(F)cc41)-c1c(F)cc(F)cc1-3)c1c(F)cc(F)cc21.[Ni+2]. The zero-order valence-electron chi connectivity index (χ0n) is 23.5. The first-order chi connectivity index (χ1) is 23.0. The van der Waals surface area contributed by atoms with Crippen molar-refractivity contribution in [2.24, 2.45) is 0 Å². The Balaban J connectivity index is 0.00000348. The summed E-state index contributed by atoms with van der Waals surface area (Å²) < 4.78 is 119. The van der Waals surface area contributed by atoms with Crippen LogP contribution in [0.1, 0.15) is 0 Å². The molecule has 17 heteroatoms. The Bertz CT molecular complexity index is 2610. The van der Waals surface area contributed by atoms with Crippen LogP contribution in [0, 0.1) is 46.5 Å². The van der Waals surface area contributed by atoms with Gasteiger partial charge in [0.25, 0.3) is 0 Å². The smallest absolute Gasteiger partial charge is 0.357 e. The monoisotopic (exact) mass is 714 g/mol. The van der Waals surface area contributed by atoms with Crippen molar-refractivity contribution in [1.82, 2.24) is 39.9 Å². The minimum atomic E-state index is -1.14. The topological polar surface area (TPSA) is 106 Å². The fourth-order valence-electron chi connectivity index (χ4n) is 5.84. The van der Waals surface area contributed by atoms with Crippen LogP contribution in [-0.2, 0) is 16.5 Å². The predicted molar refractivity (Wildman–Crippen MR) is 154 cm³/mol. The zero-order chi connectivity index (χ0) is 33.2. The molecule has 242 valence electrons. The molecule has 8 bridgehead atoms. The average Bonchev–Trinajstić information content (AvgIpc) is 3.72. The molecule has 0 amide bonds. The summed E-state index contributed by atoms with van der Waals surface area (Å²) in [5, 5.41) is -1.25. The van der Waals surface area contributed by atoms with Crippen LogP contribution >= 0.6 is 0 Å². The van der Waals surface area contributed by atoms with Crippen LogP contribution in [-0.4, -0.2) is 29.9 Å². The quantitative estimate of drug-likeness (QED) is 0.120. The normalized spacial score (nSPS) is 11.9. The van der Waals surface area contributed by atoms with E-state index in [9.17, 15) is 17.6 Å². The van der Waals surface area contributed by atoms with E-state index in [1.54, 1.807) is 0 Å². The fraction of sp³-hybridized carbons (Fsp3) is 0. The third-order valence-corrected chi connectivity index (χ3v) is 7.77. The number of hydrogen-bond acceptors (Lipinski definition) is 6. The van der Waals surface area contributed by atoms with Crippen molar-refractivity contribution >= 4 is 44.1 Å². The van der Waals surface area contributed by atoms with Gasteiger partial charge in [-0.1, -0.05) is 0 Å². The van der Waals surface area contributed by atoms with Crippen molar-refractivity contribution in [3.05, 3.63) is 95.1 Å². The Labute approximate surface area is 275 Å². The van der Waals surface area contributed by atoms with Crippen LogP contribution in [0.25, 0.3) is 89.7 Å². The molecule has 3 aromatic heterocycles. The van der Waals surface area contributed by atoms with Crippen molar-refractivity contribution in [2.75, 3.05) is 0 Å². The first-order valence-electron chi connectivity index (χ1n) is 13.7. The summed E-state index contributed by atoms with van der Waals surface area (Å²) in [5.41, 5.74) is -3.00. The summed E-state index contributed by atoms with van der Waals surface area (Å²) in [6.45, 7) is 0. The summed E-state index contributed by atoms with van der Waals surface area (Å²) in [6.07, 6.45) is 0. The van der Waals surface area contributed by atoms with Crippen LogP contribution in [0.4, 0.5) is 35.1 Å². The Morgan fingerprint density at radius 2 is 0.714 bits per heavy atom. The van der Waals surface area contributed by atoms with Crippen LogP contribution in [0.5, 0.6) is 0 Å². The molecule has 9 rings (SSSR count). The molecule has 5 heterocycles. The van der Waals surface area contributed by atoms with Gasteiger partial charge in [0, 0.05) is 90.7 Å². The van der Waals surface area contributed by atoms with Gasteiger partial charge >= 0.3 is 16.5 Å². The number of rotatable bonds is 0. The maximum Gasteiger partial charge on any atom is 2.00 e. The van der Waals surface area contributed by atoms with E-state index >= 15 is 17.6 Å². The van der Waals surface area contributed by atoms with E-state index in [-0.39, 0.29) is 60.3 Å². The van der Waals surface area contributed by atoms with Crippen molar-refractivity contribution in [3.63, 3.8) is 0 Å². The Kier molecular flexibility index (Phi) is 6.59. The molecule has 49 heavy (non-hydrogen) atoms. The summed E-state index contributed by atoms with van der Waals surface area (Å²) in [5.74, 6) is -10.4. The number of fused-ring (bicyclic) bond motifs is 20. The first-order valence-corrected chi connectivity index (χ1v) is 13.7. The van der Waals surface area contributed by atoms with Crippen molar-refractivity contribution in [2.45, 2.75) is 0 Å². The molecule has 0 atom stereocenters. The van der Waals surface area contributed by atoms with E-state index in [2.05, 4.69) is 39.9 Å². The maximum atomic E-state index is 15.3. The third-order valence-electron chi connectivity index (χ3n) is 7.77. The second-order valence-corrected chi connectivity index (χ2v) is 10.7. The van der Waals surface area contributed by atoms with E-state index in [1.165, 1.54) is 0 Å². The molecular formula is C32H8F8N8Ni. The van der Waals surface area contributed by atoms with Gasteiger partial charge in [-0.15, -0.1) is 0 Å². The van der Waals surface area contributed by atoms with Crippen molar-refractivity contribution < 1.29 is 51.6 Å². The average molecular weight is 715 g/mol. The molecule has 8 nitrogen and oxygen atoms in total. The van der Waals surface area contributed by atoms with Crippen LogP contribution in [0.3, 0.4) is 0 Å².